The van der Waals surface area contributed by atoms with Crippen molar-refractivity contribution in [1.82, 2.24) is 15.6 Å². The lowest BCUT2D eigenvalue weighted by molar-refractivity contribution is -0.136. The van der Waals surface area contributed by atoms with Crippen LogP contribution < -0.4 is 10.7 Å². The Hall–Kier alpha value is -3.10. The molecule has 9 heteroatoms. The van der Waals surface area contributed by atoms with Gasteiger partial charge in [-0.05, 0) is 17.7 Å². The van der Waals surface area contributed by atoms with Crippen molar-refractivity contribution in [2.24, 2.45) is 5.10 Å². The number of nitrogens with one attached hydrogen (secondary N) is 2. The second-order valence-corrected chi connectivity index (χ2v) is 6.40. The van der Waals surface area contributed by atoms with Crippen molar-refractivity contribution in [3.8, 4) is 10.6 Å². The van der Waals surface area contributed by atoms with Gasteiger partial charge in [-0.25, -0.2) is 5.43 Å². The summed E-state index contributed by atoms with van der Waals surface area (Å²) in [5.41, 5.74) is 3.75. The predicted molar refractivity (Wildman–Crippen MR) is 101 cm³/mol. The van der Waals surface area contributed by atoms with Gasteiger partial charge in [0.1, 0.15) is 5.01 Å². The van der Waals surface area contributed by atoms with E-state index >= 15 is 0 Å². The Bertz CT molecular complexity index is 941. The predicted octanol–water partition coefficient (Wildman–Crippen LogP) is 2.95. The van der Waals surface area contributed by atoms with Crippen LogP contribution in [0.1, 0.15) is 5.56 Å². The molecule has 0 saturated heterocycles. The van der Waals surface area contributed by atoms with E-state index in [9.17, 15) is 9.59 Å². The number of anilines is 1. The summed E-state index contributed by atoms with van der Waals surface area (Å²) in [6, 6.07) is 16.2. The van der Waals surface area contributed by atoms with Gasteiger partial charge in [-0.2, -0.15) is 5.10 Å². The van der Waals surface area contributed by atoms with E-state index in [0.717, 1.165) is 11.1 Å². The monoisotopic (exact) mass is 385 g/mol. The zero-order valence-electron chi connectivity index (χ0n) is 13.2. The first kappa shape index (κ1) is 17.7. The third-order valence-electron chi connectivity index (χ3n) is 3.12. The molecule has 0 bridgehead atoms. The van der Waals surface area contributed by atoms with Crippen molar-refractivity contribution < 1.29 is 9.59 Å². The highest BCUT2D eigenvalue weighted by atomic mass is 35.5. The minimum atomic E-state index is -0.910. The molecule has 0 aliphatic carbocycles. The Morgan fingerprint density at radius 3 is 2.46 bits per heavy atom. The number of hydrogen-bond donors (Lipinski definition) is 2. The Labute approximate surface area is 157 Å². The molecule has 3 rings (SSSR count). The molecule has 0 aliphatic heterocycles. The number of carbonyl (C=O) groups is 2. The lowest BCUT2D eigenvalue weighted by atomic mass is 10.2. The van der Waals surface area contributed by atoms with Crippen molar-refractivity contribution in [3.05, 3.63) is 65.2 Å². The zero-order valence-corrected chi connectivity index (χ0v) is 14.8. The molecule has 0 radical (unpaired) electrons. The maximum Gasteiger partial charge on any atom is 0.329 e. The number of nitrogens with zero attached hydrogens (tertiary/aromatic N) is 3. The van der Waals surface area contributed by atoms with Crippen LogP contribution in [0.5, 0.6) is 0 Å². The fourth-order valence-corrected chi connectivity index (χ4v) is 2.76. The summed E-state index contributed by atoms with van der Waals surface area (Å²) in [5, 5.41) is 15.4. The first-order valence-electron chi connectivity index (χ1n) is 7.41. The fourth-order valence-electron chi connectivity index (χ4n) is 1.89. The van der Waals surface area contributed by atoms with Gasteiger partial charge < -0.3 is 0 Å². The Morgan fingerprint density at radius 2 is 1.73 bits per heavy atom. The zero-order chi connectivity index (χ0) is 18.4. The Kier molecular flexibility index (Phi) is 5.67. The van der Waals surface area contributed by atoms with E-state index in [-0.39, 0.29) is 5.13 Å². The number of benzene rings is 2. The average Bonchev–Trinajstić information content (AvgIpc) is 3.12. The lowest BCUT2D eigenvalue weighted by Crippen LogP contribution is -2.32. The van der Waals surface area contributed by atoms with Crippen LogP contribution in [0.25, 0.3) is 10.6 Å². The molecule has 0 saturated carbocycles. The molecule has 1 aromatic heterocycles. The molecule has 0 atom stereocenters. The van der Waals surface area contributed by atoms with Gasteiger partial charge in [0.05, 0.1) is 6.21 Å². The van der Waals surface area contributed by atoms with Crippen LogP contribution in [0.2, 0.25) is 5.02 Å². The SMILES string of the molecule is O=C(NN=Cc1ccc(Cl)cc1)C(=O)Nc1nnc(-c2ccccc2)s1. The molecular formula is C17H12ClN5O2S. The van der Waals surface area contributed by atoms with Crippen LogP contribution in [0.4, 0.5) is 5.13 Å². The molecule has 3 aromatic rings. The first-order chi connectivity index (χ1) is 12.6. The quantitative estimate of drug-likeness (QED) is 0.410. The number of hydrazone groups is 1. The summed E-state index contributed by atoms with van der Waals surface area (Å²) < 4.78 is 0. The van der Waals surface area contributed by atoms with E-state index in [1.807, 2.05) is 30.3 Å². The highest BCUT2D eigenvalue weighted by Crippen LogP contribution is 2.25. The summed E-state index contributed by atoms with van der Waals surface area (Å²) in [5.74, 6) is -1.79. The average molecular weight is 386 g/mol. The van der Waals surface area contributed by atoms with Crippen LogP contribution in [0.15, 0.2) is 59.7 Å². The largest absolute Gasteiger partial charge is 0.329 e. The molecule has 2 amide bonds. The van der Waals surface area contributed by atoms with Crippen molar-refractivity contribution in [2.45, 2.75) is 0 Å². The third kappa shape index (κ3) is 4.71. The standard InChI is InChI=1S/C17H12ClN5O2S/c18-13-8-6-11(7-9-13)10-19-21-15(25)14(24)20-17-23-22-16(26-17)12-4-2-1-3-5-12/h1-10H,(H,21,25)(H,20,23,24). The molecule has 2 aromatic carbocycles. The van der Waals surface area contributed by atoms with Gasteiger partial charge in [-0.3, -0.25) is 14.9 Å². The molecule has 1 heterocycles. The van der Waals surface area contributed by atoms with Gasteiger partial charge >= 0.3 is 11.8 Å². The summed E-state index contributed by atoms with van der Waals surface area (Å²) in [6.45, 7) is 0. The van der Waals surface area contributed by atoms with Crippen molar-refractivity contribution in [2.75, 3.05) is 5.32 Å². The Balaban J connectivity index is 1.55. The van der Waals surface area contributed by atoms with Gasteiger partial charge in [-0.15, -0.1) is 10.2 Å². The third-order valence-corrected chi connectivity index (χ3v) is 4.26. The summed E-state index contributed by atoms with van der Waals surface area (Å²) in [7, 11) is 0. The van der Waals surface area contributed by atoms with Crippen molar-refractivity contribution in [1.29, 1.82) is 0 Å². The second kappa shape index (κ2) is 8.32. The van der Waals surface area contributed by atoms with Gasteiger partial charge in [0.15, 0.2) is 0 Å². The van der Waals surface area contributed by atoms with Crippen LogP contribution in [0, 0.1) is 0 Å². The highest BCUT2D eigenvalue weighted by molar-refractivity contribution is 7.18. The van der Waals surface area contributed by atoms with E-state index in [0.29, 0.717) is 10.0 Å². The fraction of sp³-hybridized carbons (Fsp3) is 0. The molecule has 0 unspecified atom stereocenters. The number of hydrogen-bond acceptors (Lipinski definition) is 6. The van der Waals surface area contributed by atoms with Crippen LogP contribution in [-0.4, -0.2) is 28.2 Å². The van der Waals surface area contributed by atoms with E-state index in [2.05, 4.69) is 26.0 Å². The lowest BCUT2D eigenvalue weighted by Gasteiger charge is -1.99. The second-order valence-electron chi connectivity index (χ2n) is 4.98. The number of amides is 2. The molecule has 130 valence electrons. The summed E-state index contributed by atoms with van der Waals surface area (Å²) in [4.78, 5) is 23.6. The molecule has 2 N–H and O–H groups in total. The minimum absolute atomic E-state index is 0.227. The van der Waals surface area contributed by atoms with E-state index in [1.165, 1.54) is 17.6 Å². The maximum absolute atomic E-state index is 11.9. The number of aromatic nitrogens is 2. The van der Waals surface area contributed by atoms with Gasteiger partial charge in [-0.1, -0.05) is 65.4 Å². The molecule has 0 spiro atoms. The van der Waals surface area contributed by atoms with Gasteiger partial charge in [0, 0.05) is 10.6 Å². The summed E-state index contributed by atoms with van der Waals surface area (Å²) in [6.07, 6.45) is 1.40. The smallest absolute Gasteiger partial charge is 0.292 e. The molecule has 26 heavy (non-hydrogen) atoms. The van der Waals surface area contributed by atoms with Crippen LogP contribution in [0.3, 0.4) is 0 Å². The van der Waals surface area contributed by atoms with E-state index in [4.69, 9.17) is 11.6 Å². The molecule has 7 nitrogen and oxygen atoms in total. The number of rotatable bonds is 4. The van der Waals surface area contributed by atoms with Crippen LogP contribution >= 0.6 is 22.9 Å². The van der Waals surface area contributed by atoms with Crippen molar-refractivity contribution >= 4 is 46.1 Å². The highest BCUT2D eigenvalue weighted by Gasteiger charge is 2.16. The summed E-state index contributed by atoms with van der Waals surface area (Å²) >= 11 is 6.95. The normalized spacial score (nSPS) is 10.7. The molecule has 0 fully saturated rings. The van der Waals surface area contributed by atoms with E-state index < -0.39 is 11.8 Å². The van der Waals surface area contributed by atoms with Gasteiger partial charge in [0.25, 0.3) is 0 Å². The number of halogens is 1. The topological polar surface area (TPSA) is 96.3 Å². The van der Waals surface area contributed by atoms with Crippen molar-refractivity contribution in [3.63, 3.8) is 0 Å². The molecule has 0 aliphatic rings. The number of carbonyl (C=O) groups excluding carboxylic acids is 2. The minimum Gasteiger partial charge on any atom is -0.292 e. The maximum atomic E-state index is 11.9. The van der Waals surface area contributed by atoms with E-state index in [1.54, 1.807) is 24.3 Å². The molecular weight excluding hydrogens is 374 g/mol. The van der Waals surface area contributed by atoms with Gasteiger partial charge in [0.2, 0.25) is 5.13 Å². The van der Waals surface area contributed by atoms with Crippen LogP contribution in [-0.2, 0) is 9.59 Å². The Morgan fingerprint density at radius 1 is 1.00 bits per heavy atom. The first-order valence-corrected chi connectivity index (χ1v) is 8.60.